The Bertz CT molecular complexity index is 853. The fraction of sp³-hybridized carbons (Fsp3) is 0.200. The third kappa shape index (κ3) is 3.61. The number of nitrogens with two attached hydrogens (primary N) is 1. The minimum Gasteiger partial charge on any atom is -0.460 e. The van der Waals surface area contributed by atoms with Gasteiger partial charge in [0.05, 0.1) is 18.5 Å². The van der Waals surface area contributed by atoms with Crippen molar-refractivity contribution >= 4 is 34.7 Å². The molecule has 0 unspecified atom stereocenters. The third-order valence-corrected chi connectivity index (χ3v) is 3.40. The first kappa shape index (κ1) is 16.2. The van der Waals surface area contributed by atoms with Crippen LogP contribution < -0.4 is 5.73 Å². The fourth-order valence-electron chi connectivity index (χ4n) is 2.03. The highest BCUT2D eigenvalue weighted by Crippen LogP contribution is 2.19. The number of rotatable bonds is 6. The van der Waals surface area contributed by atoms with Gasteiger partial charge < -0.3 is 15.2 Å². The maximum Gasteiger partial charge on any atom is 0.338 e. The van der Waals surface area contributed by atoms with Crippen LogP contribution in [0.4, 0.5) is 5.95 Å². The van der Waals surface area contributed by atoms with Crippen LogP contribution in [-0.4, -0.2) is 38.7 Å². The molecule has 8 nitrogen and oxygen atoms in total. The number of ether oxygens (including phenoxy) is 2. The van der Waals surface area contributed by atoms with E-state index in [0.717, 1.165) is 0 Å². The van der Waals surface area contributed by atoms with Gasteiger partial charge in [-0.3, -0.25) is 4.57 Å². The van der Waals surface area contributed by atoms with E-state index < -0.39 is 0 Å². The van der Waals surface area contributed by atoms with Crippen LogP contribution in [-0.2, 0) is 16.2 Å². The zero-order chi connectivity index (χ0) is 16.9. The van der Waals surface area contributed by atoms with Crippen molar-refractivity contribution < 1.29 is 14.3 Å². The molecular formula is C15H14ClN5O3. The summed E-state index contributed by atoms with van der Waals surface area (Å²) in [5.74, 6) is -0.328. The monoisotopic (exact) mass is 347 g/mol. The molecule has 0 saturated carbocycles. The van der Waals surface area contributed by atoms with E-state index >= 15 is 0 Å². The second-order valence-electron chi connectivity index (χ2n) is 4.80. The fourth-order valence-corrected chi connectivity index (χ4v) is 2.25. The van der Waals surface area contributed by atoms with Gasteiger partial charge in [-0.2, -0.15) is 9.97 Å². The maximum atomic E-state index is 11.7. The summed E-state index contributed by atoms with van der Waals surface area (Å²) in [6.07, 6.45) is 1.53. The van der Waals surface area contributed by atoms with Crippen molar-refractivity contribution in [2.45, 2.75) is 6.73 Å². The number of benzene rings is 1. The number of hydrogen-bond acceptors (Lipinski definition) is 7. The average Bonchev–Trinajstić information content (AvgIpc) is 2.98. The van der Waals surface area contributed by atoms with Crippen molar-refractivity contribution in [3.8, 4) is 0 Å². The summed E-state index contributed by atoms with van der Waals surface area (Å²) in [6.45, 7) is 0.539. The van der Waals surface area contributed by atoms with Crippen LogP contribution >= 0.6 is 11.6 Å². The standard InChI is InChI=1S/C15H14ClN5O3/c16-12-11-13(20-15(17)19-12)21(8-18-11)9-23-6-7-24-14(22)10-4-2-1-3-5-10/h1-5,8H,6-7,9H2,(H2,17,19,20). The molecular weight excluding hydrogens is 334 g/mol. The van der Waals surface area contributed by atoms with Crippen molar-refractivity contribution in [1.82, 2.24) is 19.5 Å². The number of anilines is 1. The average molecular weight is 348 g/mol. The molecule has 2 aromatic heterocycles. The quantitative estimate of drug-likeness (QED) is 0.412. The minimum atomic E-state index is -0.389. The molecule has 24 heavy (non-hydrogen) atoms. The Labute approximate surface area is 142 Å². The summed E-state index contributed by atoms with van der Waals surface area (Å²) in [6, 6.07) is 8.76. The minimum absolute atomic E-state index is 0.0611. The van der Waals surface area contributed by atoms with E-state index in [2.05, 4.69) is 15.0 Å². The van der Waals surface area contributed by atoms with E-state index in [9.17, 15) is 4.79 Å². The largest absolute Gasteiger partial charge is 0.460 e. The van der Waals surface area contributed by atoms with E-state index in [1.54, 1.807) is 28.8 Å². The molecule has 0 bridgehead atoms. The lowest BCUT2D eigenvalue weighted by atomic mass is 10.2. The molecule has 0 atom stereocenters. The number of carbonyl (C=O) groups excluding carboxylic acids is 1. The summed E-state index contributed by atoms with van der Waals surface area (Å²) in [5.41, 5.74) is 7.00. The highest BCUT2D eigenvalue weighted by atomic mass is 35.5. The van der Waals surface area contributed by atoms with E-state index in [1.807, 2.05) is 6.07 Å². The lowest BCUT2D eigenvalue weighted by Gasteiger charge is -2.07. The van der Waals surface area contributed by atoms with Gasteiger partial charge in [0.25, 0.3) is 0 Å². The molecule has 0 fully saturated rings. The molecule has 0 amide bonds. The predicted octanol–water partition coefficient (Wildman–Crippen LogP) is 1.89. The summed E-state index contributed by atoms with van der Waals surface area (Å²) in [4.78, 5) is 23.8. The number of nitrogen functional groups attached to an aromatic ring is 1. The normalized spacial score (nSPS) is 10.9. The SMILES string of the molecule is Nc1nc(Cl)c2ncn(COCCOC(=O)c3ccccc3)c2n1. The van der Waals surface area contributed by atoms with Gasteiger partial charge in [-0.05, 0) is 12.1 Å². The number of nitrogens with zero attached hydrogens (tertiary/aromatic N) is 4. The first-order valence-electron chi connectivity index (χ1n) is 7.09. The van der Waals surface area contributed by atoms with Crippen LogP contribution in [0.1, 0.15) is 10.4 Å². The summed E-state index contributed by atoms with van der Waals surface area (Å²) < 4.78 is 12.2. The van der Waals surface area contributed by atoms with E-state index in [0.29, 0.717) is 16.7 Å². The molecule has 0 aliphatic carbocycles. The van der Waals surface area contributed by atoms with Gasteiger partial charge in [0.2, 0.25) is 5.95 Å². The van der Waals surface area contributed by atoms with E-state index in [1.165, 1.54) is 6.33 Å². The molecule has 0 radical (unpaired) electrons. The predicted molar refractivity (Wildman–Crippen MR) is 87.4 cm³/mol. The summed E-state index contributed by atoms with van der Waals surface area (Å²) >= 11 is 5.95. The van der Waals surface area contributed by atoms with Crippen molar-refractivity contribution in [2.75, 3.05) is 18.9 Å². The van der Waals surface area contributed by atoms with Crippen LogP contribution in [0.3, 0.4) is 0 Å². The molecule has 3 rings (SSSR count). The van der Waals surface area contributed by atoms with Crippen LogP contribution in [0.15, 0.2) is 36.7 Å². The number of halogens is 1. The second-order valence-corrected chi connectivity index (χ2v) is 5.16. The number of hydrogen-bond donors (Lipinski definition) is 1. The molecule has 9 heteroatoms. The lowest BCUT2D eigenvalue weighted by molar-refractivity contribution is 0.0181. The van der Waals surface area contributed by atoms with Gasteiger partial charge in [-0.15, -0.1) is 0 Å². The Balaban J connectivity index is 1.50. The van der Waals surface area contributed by atoms with Crippen LogP contribution in [0.2, 0.25) is 5.15 Å². The van der Waals surface area contributed by atoms with Gasteiger partial charge in [-0.25, -0.2) is 9.78 Å². The zero-order valence-corrected chi connectivity index (χ0v) is 13.3. The maximum absolute atomic E-state index is 11.7. The zero-order valence-electron chi connectivity index (χ0n) is 12.6. The van der Waals surface area contributed by atoms with Gasteiger partial charge in [0.15, 0.2) is 10.8 Å². The molecule has 2 heterocycles. The smallest absolute Gasteiger partial charge is 0.338 e. The number of carbonyl (C=O) groups is 1. The molecule has 0 spiro atoms. The van der Waals surface area contributed by atoms with E-state index in [-0.39, 0.29) is 37.0 Å². The number of imidazole rings is 1. The molecule has 0 aliphatic heterocycles. The third-order valence-electron chi connectivity index (χ3n) is 3.14. The number of aromatic nitrogens is 4. The van der Waals surface area contributed by atoms with Crippen molar-refractivity contribution in [3.63, 3.8) is 0 Å². The summed E-state index contributed by atoms with van der Waals surface area (Å²) in [5, 5.41) is 0.188. The van der Waals surface area contributed by atoms with Crippen LogP contribution in [0.25, 0.3) is 11.2 Å². The first-order chi connectivity index (χ1) is 11.6. The molecule has 1 aromatic carbocycles. The van der Waals surface area contributed by atoms with Crippen molar-refractivity contribution in [2.24, 2.45) is 0 Å². The van der Waals surface area contributed by atoms with Crippen molar-refractivity contribution in [1.29, 1.82) is 0 Å². The van der Waals surface area contributed by atoms with Gasteiger partial charge in [-0.1, -0.05) is 29.8 Å². The molecule has 3 aromatic rings. The van der Waals surface area contributed by atoms with E-state index in [4.69, 9.17) is 26.8 Å². The Morgan fingerprint density at radius 3 is 2.79 bits per heavy atom. The van der Waals surface area contributed by atoms with Crippen LogP contribution in [0.5, 0.6) is 0 Å². The van der Waals surface area contributed by atoms with Crippen molar-refractivity contribution in [3.05, 3.63) is 47.4 Å². The Kier molecular flexibility index (Phi) is 4.88. The molecule has 0 aliphatic rings. The molecule has 124 valence electrons. The lowest BCUT2D eigenvalue weighted by Crippen LogP contribution is -2.12. The van der Waals surface area contributed by atoms with Crippen LogP contribution in [0, 0.1) is 0 Å². The second kappa shape index (κ2) is 7.24. The number of fused-ring (bicyclic) bond motifs is 1. The van der Waals surface area contributed by atoms with Gasteiger partial charge >= 0.3 is 5.97 Å². The van der Waals surface area contributed by atoms with Gasteiger partial charge in [0.1, 0.15) is 18.9 Å². The highest BCUT2D eigenvalue weighted by Gasteiger charge is 2.10. The number of esters is 1. The molecule has 0 saturated heterocycles. The topological polar surface area (TPSA) is 105 Å². The highest BCUT2D eigenvalue weighted by molar-refractivity contribution is 6.33. The summed E-state index contributed by atoms with van der Waals surface area (Å²) in [7, 11) is 0. The Hall–Kier alpha value is -2.71. The molecule has 2 N–H and O–H groups in total. The van der Waals surface area contributed by atoms with Gasteiger partial charge in [0, 0.05) is 0 Å². The Morgan fingerprint density at radius 1 is 1.21 bits per heavy atom. The first-order valence-corrected chi connectivity index (χ1v) is 7.46. The Morgan fingerprint density at radius 2 is 2.00 bits per heavy atom.